The number of hydrogen-bond acceptors (Lipinski definition) is 6. The number of rotatable bonds is 7. The first-order valence-corrected chi connectivity index (χ1v) is 17.3. The van der Waals surface area contributed by atoms with E-state index in [1.165, 1.54) is 43.4 Å². The zero-order chi connectivity index (χ0) is 29.2. The highest BCUT2D eigenvalue weighted by Crippen LogP contribution is 2.39. The molecule has 5 rings (SSSR count). The van der Waals surface area contributed by atoms with E-state index in [9.17, 15) is 9.00 Å². The third-order valence-electron chi connectivity index (χ3n) is 8.66. The van der Waals surface area contributed by atoms with E-state index in [2.05, 4.69) is 56.4 Å². The van der Waals surface area contributed by atoms with Crippen LogP contribution < -0.4 is 5.32 Å². The molecule has 9 heteroatoms. The second kappa shape index (κ2) is 12.9. The highest BCUT2D eigenvalue weighted by atomic mass is 32.2. The predicted molar refractivity (Wildman–Crippen MR) is 166 cm³/mol. The van der Waals surface area contributed by atoms with Crippen LogP contribution in [0, 0.1) is 5.92 Å². The van der Waals surface area contributed by atoms with Gasteiger partial charge in [-0.25, -0.2) is 13.5 Å². The molecule has 1 atom stereocenters. The van der Waals surface area contributed by atoms with Crippen LogP contribution in [0.4, 0.5) is 0 Å². The molecule has 2 aromatic rings. The van der Waals surface area contributed by atoms with Crippen molar-refractivity contribution < 1.29 is 18.5 Å². The summed E-state index contributed by atoms with van der Waals surface area (Å²) in [7, 11) is -1.31. The molecule has 0 spiro atoms. The van der Waals surface area contributed by atoms with Crippen LogP contribution in [0.1, 0.15) is 101 Å². The summed E-state index contributed by atoms with van der Waals surface area (Å²) in [4.78, 5) is 20.3. The summed E-state index contributed by atoms with van der Waals surface area (Å²) in [5.74, 6) is 0.523. The van der Waals surface area contributed by atoms with Gasteiger partial charge in [-0.3, -0.25) is 4.79 Å². The Morgan fingerprint density at radius 2 is 1.83 bits per heavy atom. The van der Waals surface area contributed by atoms with E-state index in [0.717, 1.165) is 45.9 Å². The van der Waals surface area contributed by atoms with E-state index in [-0.39, 0.29) is 22.9 Å². The van der Waals surface area contributed by atoms with Crippen LogP contribution in [-0.2, 0) is 32.3 Å². The van der Waals surface area contributed by atoms with Crippen LogP contribution in [0.2, 0.25) is 0 Å². The number of morpholine rings is 1. The zero-order valence-electron chi connectivity index (χ0n) is 25.4. The second-order valence-corrected chi connectivity index (χ2v) is 15.9. The summed E-state index contributed by atoms with van der Waals surface area (Å²) in [5.41, 5.74) is 2.64. The summed E-state index contributed by atoms with van der Waals surface area (Å²) in [6, 6.07) is 6.48. The number of carbonyl (C=O) groups excluding carboxylic acids is 1. The molecule has 0 radical (unpaired) electrons. The Morgan fingerprint density at radius 3 is 2.51 bits per heavy atom. The molecule has 0 bridgehead atoms. The fraction of sp³-hybridized carbons (Fsp3) is 0.688. The number of aromatic nitrogens is 1. The van der Waals surface area contributed by atoms with Crippen molar-refractivity contribution >= 4 is 28.2 Å². The van der Waals surface area contributed by atoms with Crippen LogP contribution >= 0.6 is 11.3 Å². The first-order chi connectivity index (χ1) is 19.5. The maximum absolute atomic E-state index is 14.1. The van der Waals surface area contributed by atoms with E-state index in [1.54, 1.807) is 0 Å². The first-order valence-electron chi connectivity index (χ1n) is 15.3. The normalized spacial score (nSPS) is 22.0. The summed E-state index contributed by atoms with van der Waals surface area (Å²) in [6.45, 7) is 13.9. The molecule has 1 N–H and O–H groups in total. The lowest BCUT2D eigenvalue weighted by Gasteiger charge is -2.41. The van der Waals surface area contributed by atoms with Crippen molar-refractivity contribution in [1.29, 1.82) is 0 Å². The molecule has 1 amide bonds. The van der Waals surface area contributed by atoms with Gasteiger partial charge in [0.25, 0.3) is 5.91 Å². The molecule has 1 unspecified atom stereocenters. The largest absolute Gasteiger partial charge is 0.381 e. The van der Waals surface area contributed by atoms with Crippen molar-refractivity contribution in [2.24, 2.45) is 5.92 Å². The maximum atomic E-state index is 14.1. The fourth-order valence-electron chi connectivity index (χ4n) is 6.25. The van der Waals surface area contributed by atoms with Gasteiger partial charge in [-0.15, -0.1) is 11.3 Å². The number of nitrogens with one attached hydrogen (secondary N) is 1. The van der Waals surface area contributed by atoms with Crippen molar-refractivity contribution in [2.75, 3.05) is 33.0 Å². The molecule has 1 aromatic heterocycles. The lowest BCUT2D eigenvalue weighted by atomic mass is 9.84. The number of hydrogen-bond donors (Lipinski definition) is 1. The molecule has 1 aliphatic carbocycles. The molecule has 226 valence electrons. The van der Waals surface area contributed by atoms with Gasteiger partial charge in [0.15, 0.2) is 5.01 Å². The van der Waals surface area contributed by atoms with Crippen LogP contribution in [0.15, 0.2) is 23.1 Å². The Morgan fingerprint density at radius 1 is 1.10 bits per heavy atom. The third kappa shape index (κ3) is 7.29. The minimum absolute atomic E-state index is 0.0821. The summed E-state index contributed by atoms with van der Waals surface area (Å²) in [6.07, 6.45) is 8.88. The molecule has 2 aliphatic heterocycles. The lowest BCUT2D eigenvalue weighted by Crippen LogP contribution is -2.53. The number of nitrogens with zero attached hydrogens (tertiary/aromatic N) is 2. The molecule has 1 saturated carbocycles. The average Bonchev–Trinajstić information content (AvgIpc) is 3.36. The second-order valence-electron chi connectivity index (χ2n) is 13.5. The Kier molecular flexibility index (Phi) is 9.70. The maximum Gasteiger partial charge on any atom is 0.280 e. The van der Waals surface area contributed by atoms with Crippen molar-refractivity contribution in [3.63, 3.8) is 0 Å². The zero-order valence-corrected chi connectivity index (χ0v) is 27.1. The molecular formula is C32H47N3O4S2. The Balaban J connectivity index is 1.50. The Hall–Kier alpha value is -1.65. The topological polar surface area (TPSA) is 80.8 Å². The highest BCUT2D eigenvalue weighted by molar-refractivity contribution is 7.82. The molecule has 3 heterocycles. The fourth-order valence-corrected chi connectivity index (χ4v) is 8.96. The Bertz CT molecular complexity index is 1240. The standard InChI is InChI=1S/C32H47N3O4S2/c1-31(2,3)25-20-23(11-12-27(25)41(37)35-15-18-39-21-32(35,4)5)28-26(19-22-9-7-6-8-10-22)34-30(40-28)29(36)33-24-13-16-38-17-14-24/h11-12,20,22,24H,6-10,13-19,21H2,1-5H3,(H,33,36). The van der Waals surface area contributed by atoms with Crippen molar-refractivity contribution in [2.45, 2.75) is 108 Å². The SMILES string of the molecule is CC(C)(C)c1cc(-c2sc(C(=O)NC3CCOCC3)nc2CC2CCCCC2)ccc1S(=O)N1CCOCC1(C)C. The quantitative estimate of drug-likeness (QED) is 0.405. The van der Waals surface area contributed by atoms with Gasteiger partial charge in [-0.05, 0) is 67.7 Å². The summed E-state index contributed by atoms with van der Waals surface area (Å²) < 4.78 is 27.3. The van der Waals surface area contributed by atoms with Gasteiger partial charge >= 0.3 is 0 Å². The van der Waals surface area contributed by atoms with Gasteiger partial charge in [0.2, 0.25) is 0 Å². The first kappa shape index (κ1) is 30.8. The van der Waals surface area contributed by atoms with Gasteiger partial charge in [0.05, 0.1) is 34.2 Å². The molecule has 1 aromatic carbocycles. The van der Waals surface area contributed by atoms with E-state index in [1.807, 2.05) is 6.07 Å². The van der Waals surface area contributed by atoms with E-state index in [4.69, 9.17) is 14.5 Å². The van der Waals surface area contributed by atoms with Gasteiger partial charge < -0.3 is 14.8 Å². The molecule has 3 aliphatic rings. The van der Waals surface area contributed by atoms with Crippen LogP contribution in [0.5, 0.6) is 0 Å². The van der Waals surface area contributed by atoms with Crippen molar-refractivity contribution in [1.82, 2.24) is 14.6 Å². The molecule has 41 heavy (non-hydrogen) atoms. The number of amides is 1. The van der Waals surface area contributed by atoms with Gasteiger partial charge in [0.1, 0.15) is 11.0 Å². The predicted octanol–water partition coefficient (Wildman–Crippen LogP) is 6.27. The molecular weight excluding hydrogens is 555 g/mol. The molecule has 2 saturated heterocycles. The minimum Gasteiger partial charge on any atom is -0.381 e. The highest BCUT2D eigenvalue weighted by Gasteiger charge is 2.37. The van der Waals surface area contributed by atoms with E-state index >= 15 is 0 Å². The van der Waals surface area contributed by atoms with Crippen LogP contribution in [0.25, 0.3) is 10.4 Å². The molecule has 7 nitrogen and oxygen atoms in total. The summed E-state index contributed by atoms with van der Waals surface area (Å²) in [5, 5.41) is 3.75. The third-order valence-corrected chi connectivity index (χ3v) is 11.6. The van der Waals surface area contributed by atoms with E-state index in [0.29, 0.717) is 43.9 Å². The van der Waals surface area contributed by atoms with Crippen molar-refractivity contribution in [3.8, 4) is 10.4 Å². The number of benzene rings is 1. The monoisotopic (exact) mass is 601 g/mol. The smallest absolute Gasteiger partial charge is 0.280 e. The van der Waals surface area contributed by atoms with Gasteiger partial charge in [-0.1, -0.05) is 58.9 Å². The summed E-state index contributed by atoms with van der Waals surface area (Å²) >= 11 is 1.50. The minimum atomic E-state index is -1.31. The van der Waals surface area contributed by atoms with Gasteiger partial charge in [0, 0.05) is 25.8 Å². The molecule has 3 fully saturated rings. The number of ether oxygens (including phenoxy) is 2. The Labute approximate surface area is 252 Å². The van der Waals surface area contributed by atoms with Crippen molar-refractivity contribution in [3.05, 3.63) is 34.5 Å². The van der Waals surface area contributed by atoms with Crippen LogP contribution in [-0.4, -0.2) is 64.0 Å². The number of thiazole rings is 1. The van der Waals surface area contributed by atoms with Gasteiger partial charge in [-0.2, -0.15) is 0 Å². The van der Waals surface area contributed by atoms with E-state index < -0.39 is 11.0 Å². The average molecular weight is 602 g/mol. The lowest BCUT2D eigenvalue weighted by molar-refractivity contribution is -0.00529. The van der Waals surface area contributed by atoms with Crippen LogP contribution in [0.3, 0.4) is 0 Å². The number of carbonyl (C=O) groups is 1.